The number of thiazole rings is 1. The molecule has 0 N–H and O–H groups in total. The molecule has 0 bridgehead atoms. The summed E-state index contributed by atoms with van der Waals surface area (Å²) in [7, 11) is 0. The molecule has 4 nitrogen and oxygen atoms in total. The highest BCUT2D eigenvalue weighted by atomic mass is 32.1. The van der Waals surface area contributed by atoms with Gasteiger partial charge in [-0.2, -0.15) is 0 Å². The molecule has 0 radical (unpaired) electrons. The van der Waals surface area contributed by atoms with Gasteiger partial charge in [0.2, 0.25) is 0 Å². The Bertz CT molecular complexity index is 583. The maximum absolute atomic E-state index is 4.63. The largest absolute Gasteiger partial charge is 0.343 e. The standard InChI is InChI=1S/C16H22N4S/c1-12-11-21-16(18-12)20-8-7-19(10-13(20)2)14(3)15-5-4-6-17-9-15/h4-6,9,11,13-14H,7-8,10H2,1-3H3/t13-,14+/m0/s1. The first-order valence-corrected chi connectivity index (χ1v) is 8.36. The van der Waals surface area contributed by atoms with Crippen molar-refractivity contribution < 1.29 is 0 Å². The first-order valence-electron chi connectivity index (χ1n) is 7.48. The lowest BCUT2D eigenvalue weighted by atomic mass is 10.1. The van der Waals surface area contributed by atoms with Crippen molar-refractivity contribution >= 4 is 16.5 Å². The fourth-order valence-electron chi connectivity index (χ4n) is 2.93. The lowest BCUT2D eigenvalue weighted by Gasteiger charge is -2.42. The zero-order valence-corrected chi connectivity index (χ0v) is 13.7. The van der Waals surface area contributed by atoms with E-state index in [1.807, 2.05) is 18.5 Å². The van der Waals surface area contributed by atoms with Crippen LogP contribution < -0.4 is 4.90 Å². The van der Waals surface area contributed by atoms with Crippen LogP contribution in [0, 0.1) is 6.92 Å². The van der Waals surface area contributed by atoms with Crippen LogP contribution in [0.3, 0.4) is 0 Å². The molecule has 1 aliphatic heterocycles. The van der Waals surface area contributed by atoms with E-state index in [0.29, 0.717) is 12.1 Å². The molecule has 0 spiro atoms. The number of hydrogen-bond donors (Lipinski definition) is 0. The number of piperazine rings is 1. The molecule has 1 fully saturated rings. The van der Waals surface area contributed by atoms with Crippen molar-refractivity contribution in [3.05, 3.63) is 41.2 Å². The summed E-state index contributed by atoms with van der Waals surface area (Å²) in [5.41, 5.74) is 2.41. The van der Waals surface area contributed by atoms with E-state index >= 15 is 0 Å². The number of aromatic nitrogens is 2. The minimum atomic E-state index is 0.418. The molecule has 0 aromatic carbocycles. The summed E-state index contributed by atoms with van der Waals surface area (Å²) >= 11 is 1.75. The smallest absolute Gasteiger partial charge is 0.185 e. The Morgan fingerprint density at radius 1 is 1.38 bits per heavy atom. The van der Waals surface area contributed by atoms with Crippen LogP contribution in [0.5, 0.6) is 0 Å². The summed E-state index contributed by atoms with van der Waals surface area (Å²) in [6.45, 7) is 9.80. The zero-order chi connectivity index (χ0) is 14.8. The van der Waals surface area contributed by atoms with Crippen LogP contribution in [-0.2, 0) is 0 Å². The topological polar surface area (TPSA) is 32.3 Å². The molecule has 0 aliphatic carbocycles. The van der Waals surface area contributed by atoms with Gasteiger partial charge in [0, 0.05) is 49.5 Å². The Labute approximate surface area is 130 Å². The molecule has 2 aromatic rings. The summed E-state index contributed by atoms with van der Waals surface area (Å²) in [4.78, 5) is 13.8. The van der Waals surface area contributed by atoms with E-state index in [-0.39, 0.29) is 0 Å². The van der Waals surface area contributed by atoms with Gasteiger partial charge < -0.3 is 4.90 Å². The maximum atomic E-state index is 4.63. The van der Waals surface area contributed by atoms with Crippen molar-refractivity contribution in [3.8, 4) is 0 Å². The maximum Gasteiger partial charge on any atom is 0.185 e. The Morgan fingerprint density at radius 3 is 2.86 bits per heavy atom. The number of aryl methyl sites for hydroxylation is 1. The van der Waals surface area contributed by atoms with Gasteiger partial charge in [0.1, 0.15) is 0 Å². The number of anilines is 1. The Morgan fingerprint density at radius 2 is 2.24 bits per heavy atom. The summed E-state index contributed by atoms with van der Waals surface area (Å²) in [6, 6.07) is 5.09. The molecule has 112 valence electrons. The fraction of sp³-hybridized carbons (Fsp3) is 0.500. The Kier molecular flexibility index (Phi) is 4.22. The van der Waals surface area contributed by atoms with Crippen LogP contribution in [0.25, 0.3) is 0 Å². The van der Waals surface area contributed by atoms with Crippen LogP contribution in [0.15, 0.2) is 29.9 Å². The van der Waals surface area contributed by atoms with E-state index in [1.54, 1.807) is 11.3 Å². The summed E-state index contributed by atoms with van der Waals surface area (Å²) < 4.78 is 0. The highest BCUT2D eigenvalue weighted by Crippen LogP contribution is 2.28. The van der Waals surface area contributed by atoms with Crippen molar-refractivity contribution in [2.24, 2.45) is 0 Å². The monoisotopic (exact) mass is 302 g/mol. The minimum absolute atomic E-state index is 0.418. The molecule has 0 amide bonds. The number of nitrogens with zero attached hydrogens (tertiary/aromatic N) is 4. The molecular weight excluding hydrogens is 280 g/mol. The third kappa shape index (κ3) is 3.09. The predicted molar refractivity (Wildman–Crippen MR) is 87.9 cm³/mol. The van der Waals surface area contributed by atoms with Gasteiger partial charge >= 0.3 is 0 Å². The normalized spacial score (nSPS) is 21.5. The van der Waals surface area contributed by atoms with Gasteiger partial charge in [-0.3, -0.25) is 9.88 Å². The van der Waals surface area contributed by atoms with E-state index in [0.717, 1.165) is 30.5 Å². The Balaban J connectivity index is 1.68. The molecule has 2 aromatic heterocycles. The number of pyridine rings is 1. The van der Waals surface area contributed by atoms with Gasteiger partial charge in [0.15, 0.2) is 5.13 Å². The van der Waals surface area contributed by atoms with E-state index < -0.39 is 0 Å². The average molecular weight is 302 g/mol. The van der Waals surface area contributed by atoms with Crippen molar-refractivity contribution in [1.82, 2.24) is 14.9 Å². The van der Waals surface area contributed by atoms with Gasteiger partial charge in [-0.15, -0.1) is 11.3 Å². The Hall–Kier alpha value is -1.46. The molecule has 1 saturated heterocycles. The van der Waals surface area contributed by atoms with Crippen LogP contribution in [0.2, 0.25) is 0 Å². The van der Waals surface area contributed by atoms with Crippen LogP contribution in [-0.4, -0.2) is 40.5 Å². The van der Waals surface area contributed by atoms with Crippen LogP contribution in [0.1, 0.15) is 31.1 Å². The predicted octanol–water partition coefficient (Wildman–Crippen LogP) is 3.12. The third-order valence-electron chi connectivity index (χ3n) is 4.23. The lowest BCUT2D eigenvalue weighted by Crippen LogP contribution is -2.52. The summed E-state index contributed by atoms with van der Waals surface area (Å²) in [5, 5.41) is 3.29. The van der Waals surface area contributed by atoms with Gasteiger partial charge in [-0.1, -0.05) is 6.07 Å². The molecule has 1 aliphatic rings. The highest BCUT2D eigenvalue weighted by molar-refractivity contribution is 7.13. The SMILES string of the molecule is Cc1csc(N2CCN([C@H](C)c3cccnc3)C[C@@H]2C)n1. The van der Waals surface area contributed by atoms with Crippen molar-refractivity contribution in [1.29, 1.82) is 0 Å². The second-order valence-corrected chi connectivity index (χ2v) is 6.61. The highest BCUT2D eigenvalue weighted by Gasteiger charge is 2.28. The van der Waals surface area contributed by atoms with Gasteiger partial charge in [-0.05, 0) is 32.4 Å². The first-order chi connectivity index (χ1) is 10.1. The molecule has 2 atom stereocenters. The molecule has 21 heavy (non-hydrogen) atoms. The van der Waals surface area contributed by atoms with Crippen molar-refractivity contribution in [2.45, 2.75) is 32.9 Å². The van der Waals surface area contributed by atoms with Gasteiger partial charge in [0.25, 0.3) is 0 Å². The fourth-order valence-corrected chi connectivity index (χ4v) is 3.86. The molecule has 3 heterocycles. The first kappa shape index (κ1) is 14.5. The van der Waals surface area contributed by atoms with E-state index in [9.17, 15) is 0 Å². The summed E-state index contributed by atoms with van der Waals surface area (Å²) in [5.74, 6) is 0. The number of hydrogen-bond acceptors (Lipinski definition) is 5. The zero-order valence-electron chi connectivity index (χ0n) is 12.9. The molecule has 0 saturated carbocycles. The quantitative estimate of drug-likeness (QED) is 0.872. The molecule has 3 rings (SSSR count). The van der Waals surface area contributed by atoms with Gasteiger partial charge in [0.05, 0.1) is 5.69 Å². The van der Waals surface area contributed by atoms with E-state index in [4.69, 9.17) is 0 Å². The summed E-state index contributed by atoms with van der Waals surface area (Å²) in [6.07, 6.45) is 3.81. The number of rotatable bonds is 3. The van der Waals surface area contributed by atoms with E-state index in [2.05, 4.69) is 52.0 Å². The average Bonchev–Trinajstić information content (AvgIpc) is 2.93. The van der Waals surface area contributed by atoms with Gasteiger partial charge in [-0.25, -0.2) is 4.98 Å². The van der Waals surface area contributed by atoms with Crippen LogP contribution >= 0.6 is 11.3 Å². The molecule has 5 heteroatoms. The lowest BCUT2D eigenvalue weighted by molar-refractivity contribution is 0.175. The van der Waals surface area contributed by atoms with Crippen molar-refractivity contribution in [3.63, 3.8) is 0 Å². The second kappa shape index (κ2) is 6.12. The third-order valence-corrected chi connectivity index (χ3v) is 5.22. The molecular formula is C16H22N4S. The van der Waals surface area contributed by atoms with E-state index in [1.165, 1.54) is 5.56 Å². The molecule has 0 unspecified atom stereocenters. The minimum Gasteiger partial charge on any atom is -0.343 e. The van der Waals surface area contributed by atoms with Crippen LogP contribution in [0.4, 0.5) is 5.13 Å². The second-order valence-electron chi connectivity index (χ2n) is 5.77. The van der Waals surface area contributed by atoms with Crippen molar-refractivity contribution in [2.75, 3.05) is 24.5 Å².